The predicted octanol–water partition coefficient (Wildman–Crippen LogP) is 4.35. The van der Waals surface area contributed by atoms with Gasteiger partial charge in [-0.25, -0.2) is 4.98 Å². The number of carbonyl (C=O) groups is 1. The highest BCUT2D eigenvalue weighted by Gasteiger charge is 2.07. The molecule has 0 atom stereocenters. The van der Waals surface area contributed by atoms with E-state index in [1.165, 1.54) is 6.20 Å². The standard InChI is InChI=1S/C12H7BrClIN2O/c13-10-5-9(6-16-11(10)14)17-12(18)7-1-3-8(15)4-2-7/h1-6H,(H,17,18). The number of hydrogen-bond donors (Lipinski definition) is 1. The topological polar surface area (TPSA) is 42.0 Å². The van der Waals surface area contributed by atoms with Gasteiger partial charge in [0, 0.05) is 9.13 Å². The normalized spacial score (nSPS) is 10.2. The zero-order valence-electron chi connectivity index (χ0n) is 8.95. The zero-order valence-corrected chi connectivity index (χ0v) is 13.5. The molecule has 0 bridgehead atoms. The molecule has 2 aromatic rings. The molecule has 0 saturated carbocycles. The van der Waals surface area contributed by atoms with Gasteiger partial charge in [-0.2, -0.15) is 0 Å². The second-order valence-electron chi connectivity index (χ2n) is 3.46. The molecule has 3 nitrogen and oxygen atoms in total. The molecular weight excluding hydrogens is 430 g/mol. The van der Waals surface area contributed by atoms with Crippen LogP contribution in [-0.4, -0.2) is 10.9 Å². The van der Waals surface area contributed by atoms with Gasteiger partial charge in [0.25, 0.3) is 5.91 Å². The van der Waals surface area contributed by atoms with Gasteiger partial charge in [0.15, 0.2) is 0 Å². The van der Waals surface area contributed by atoms with E-state index in [1.54, 1.807) is 18.2 Å². The minimum atomic E-state index is -0.178. The maximum Gasteiger partial charge on any atom is 0.255 e. The molecule has 0 aliphatic carbocycles. The lowest BCUT2D eigenvalue weighted by molar-refractivity contribution is 0.102. The van der Waals surface area contributed by atoms with Crippen molar-refractivity contribution in [3.05, 3.63) is 55.3 Å². The van der Waals surface area contributed by atoms with Crippen molar-refractivity contribution in [1.29, 1.82) is 0 Å². The number of hydrogen-bond acceptors (Lipinski definition) is 2. The van der Waals surface area contributed by atoms with Crippen LogP contribution in [0.4, 0.5) is 5.69 Å². The Bertz CT molecular complexity index is 589. The predicted molar refractivity (Wildman–Crippen MR) is 84.1 cm³/mol. The van der Waals surface area contributed by atoms with Crippen LogP contribution in [-0.2, 0) is 0 Å². The lowest BCUT2D eigenvalue weighted by Gasteiger charge is -2.06. The molecule has 92 valence electrons. The molecule has 18 heavy (non-hydrogen) atoms. The lowest BCUT2D eigenvalue weighted by Crippen LogP contribution is -2.11. The number of halogens is 3. The number of nitrogens with one attached hydrogen (secondary N) is 1. The molecule has 0 unspecified atom stereocenters. The molecule has 2 rings (SSSR count). The third-order valence-corrected chi connectivity index (χ3v) is 4.01. The first kappa shape index (κ1) is 13.8. The quantitative estimate of drug-likeness (QED) is 0.561. The fourth-order valence-corrected chi connectivity index (χ4v) is 2.11. The summed E-state index contributed by atoms with van der Waals surface area (Å²) in [6.07, 6.45) is 1.51. The highest BCUT2D eigenvalue weighted by molar-refractivity contribution is 14.1. The minimum absolute atomic E-state index is 0.178. The van der Waals surface area contributed by atoms with Crippen molar-refractivity contribution < 1.29 is 4.79 Å². The monoisotopic (exact) mass is 436 g/mol. The van der Waals surface area contributed by atoms with E-state index in [9.17, 15) is 4.79 Å². The Hall–Kier alpha value is -0.660. The largest absolute Gasteiger partial charge is 0.321 e. The molecule has 1 aromatic heterocycles. The Kier molecular flexibility index (Phi) is 4.58. The molecule has 0 spiro atoms. The molecule has 1 N–H and O–H groups in total. The van der Waals surface area contributed by atoms with Crippen LogP contribution >= 0.6 is 50.1 Å². The molecule has 0 fully saturated rings. The highest BCUT2D eigenvalue weighted by Crippen LogP contribution is 2.23. The van der Waals surface area contributed by atoms with Gasteiger partial charge in [0.2, 0.25) is 0 Å². The molecule has 6 heteroatoms. The van der Waals surface area contributed by atoms with Crippen LogP contribution in [0.3, 0.4) is 0 Å². The molecule has 0 aliphatic rings. The second-order valence-corrected chi connectivity index (χ2v) is 5.92. The van der Waals surface area contributed by atoms with Crippen molar-refractivity contribution in [2.45, 2.75) is 0 Å². The van der Waals surface area contributed by atoms with E-state index >= 15 is 0 Å². The summed E-state index contributed by atoms with van der Waals surface area (Å²) in [6, 6.07) is 9.02. The van der Waals surface area contributed by atoms with Crippen LogP contribution in [0.2, 0.25) is 5.15 Å². The van der Waals surface area contributed by atoms with Crippen molar-refractivity contribution >= 4 is 61.7 Å². The maximum absolute atomic E-state index is 11.9. The van der Waals surface area contributed by atoms with Crippen LogP contribution in [0.15, 0.2) is 41.0 Å². The average molecular weight is 437 g/mol. The van der Waals surface area contributed by atoms with Gasteiger partial charge < -0.3 is 5.32 Å². The van der Waals surface area contributed by atoms with Crippen molar-refractivity contribution in [3.8, 4) is 0 Å². The van der Waals surface area contributed by atoms with E-state index in [-0.39, 0.29) is 5.91 Å². The number of anilines is 1. The average Bonchev–Trinajstić information content (AvgIpc) is 2.34. The summed E-state index contributed by atoms with van der Waals surface area (Å²) in [4.78, 5) is 15.9. The van der Waals surface area contributed by atoms with E-state index in [1.807, 2.05) is 12.1 Å². The van der Waals surface area contributed by atoms with Gasteiger partial charge in [-0.1, -0.05) is 11.6 Å². The first-order chi connectivity index (χ1) is 8.56. The fraction of sp³-hybridized carbons (Fsp3) is 0. The van der Waals surface area contributed by atoms with Gasteiger partial charge in [0.1, 0.15) is 5.15 Å². The number of nitrogens with zero attached hydrogens (tertiary/aromatic N) is 1. The van der Waals surface area contributed by atoms with Crippen molar-refractivity contribution in [1.82, 2.24) is 4.98 Å². The van der Waals surface area contributed by atoms with Crippen molar-refractivity contribution in [2.24, 2.45) is 0 Å². The molecule has 0 saturated heterocycles. The molecule has 0 aliphatic heterocycles. The van der Waals surface area contributed by atoms with Crippen LogP contribution < -0.4 is 5.32 Å². The highest BCUT2D eigenvalue weighted by atomic mass is 127. The van der Waals surface area contributed by atoms with E-state index < -0.39 is 0 Å². The summed E-state index contributed by atoms with van der Waals surface area (Å²) in [7, 11) is 0. The zero-order chi connectivity index (χ0) is 13.1. The van der Waals surface area contributed by atoms with Crippen LogP contribution in [0.5, 0.6) is 0 Å². The third kappa shape index (κ3) is 3.43. The summed E-state index contributed by atoms with van der Waals surface area (Å²) >= 11 is 11.2. The summed E-state index contributed by atoms with van der Waals surface area (Å²) in [6.45, 7) is 0. The van der Waals surface area contributed by atoms with Crippen LogP contribution in [0.25, 0.3) is 0 Å². The SMILES string of the molecule is O=C(Nc1cnc(Cl)c(Br)c1)c1ccc(I)cc1. The van der Waals surface area contributed by atoms with Crippen molar-refractivity contribution in [2.75, 3.05) is 5.32 Å². The van der Waals surface area contributed by atoms with Gasteiger partial charge >= 0.3 is 0 Å². The van der Waals surface area contributed by atoms with Gasteiger partial charge in [0.05, 0.1) is 16.4 Å². The first-order valence-electron chi connectivity index (χ1n) is 4.94. The number of rotatable bonds is 2. The summed E-state index contributed by atoms with van der Waals surface area (Å²) < 4.78 is 1.73. The smallest absolute Gasteiger partial charge is 0.255 e. The molecular formula is C12H7BrClIN2O. The van der Waals surface area contributed by atoms with Gasteiger partial charge in [-0.05, 0) is 68.9 Å². The number of pyridine rings is 1. The Morgan fingerprint density at radius 2 is 2.00 bits per heavy atom. The van der Waals surface area contributed by atoms with Gasteiger partial charge in [-0.15, -0.1) is 0 Å². The van der Waals surface area contributed by atoms with Crippen LogP contribution in [0.1, 0.15) is 10.4 Å². The second kappa shape index (κ2) is 5.99. The lowest BCUT2D eigenvalue weighted by atomic mass is 10.2. The Morgan fingerprint density at radius 3 is 2.61 bits per heavy atom. The van der Waals surface area contributed by atoms with E-state index in [0.717, 1.165) is 3.57 Å². The number of carbonyl (C=O) groups excluding carboxylic acids is 1. The summed E-state index contributed by atoms with van der Waals surface area (Å²) in [5.74, 6) is -0.178. The minimum Gasteiger partial charge on any atom is -0.321 e. The third-order valence-electron chi connectivity index (χ3n) is 2.16. The number of amides is 1. The number of aromatic nitrogens is 1. The Morgan fingerprint density at radius 1 is 1.33 bits per heavy atom. The fourth-order valence-electron chi connectivity index (χ4n) is 1.29. The molecule has 1 aromatic carbocycles. The molecule has 0 radical (unpaired) electrons. The Labute approximate surface area is 131 Å². The van der Waals surface area contributed by atoms with Crippen LogP contribution in [0, 0.1) is 3.57 Å². The van der Waals surface area contributed by atoms with Crippen molar-refractivity contribution in [3.63, 3.8) is 0 Å². The van der Waals surface area contributed by atoms with E-state index in [0.29, 0.717) is 20.9 Å². The maximum atomic E-state index is 11.9. The molecule has 1 heterocycles. The summed E-state index contributed by atoms with van der Waals surface area (Å²) in [5, 5.41) is 3.12. The van der Waals surface area contributed by atoms with E-state index in [2.05, 4.69) is 48.8 Å². The first-order valence-corrected chi connectivity index (χ1v) is 7.19. The molecule has 1 amide bonds. The van der Waals surface area contributed by atoms with E-state index in [4.69, 9.17) is 11.6 Å². The Balaban J connectivity index is 2.16. The number of benzene rings is 1. The summed E-state index contributed by atoms with van der Waals surface area (Å²) in [5.41, 5.74) is 1.19. The van der Waals surface area contributed by atoms with Gasteiger partial charge in [-0.3, -0.25) is 4.79 Å².